The van der Waals surface area contributed by atoms with Crippen LogP contribution >= 0.6 is 0 Å². The number of aliphatic carboxylic acids is 1. The second kappa shape index (κ2) is 7.67. The maximum Gasteiger partial charge on any atom is 0.326 e. The van der Waals surface area contributed by atoms with Crippen LogP contribution in [0.1, 0.15) is 31.4 Å². The Balaban J connectivity index is 2.70. The van der Waals surface area contributed by atoms with E-state index in [9.17, 15) is 14.7 Å². The third kappa shape index (κ3) is 4.77. The number of carboxylic acids is 1. The summed E-state index contributed by atoms with van der Waals surface area (Å²) in [5.74, 6) is -1.11. The van der Waals surface area contributed by atoms with E-state index in [0.29, 0.717) is 13.0 Å². The van der Waals surface area contributed by atoms with Gasteiger partial charge in [0.1, 0.15) is 6.04 Å². The molecule has 0 aliphatic carbocycles. The summed E-state index contributed by atoms with van der Waals surface area (Å²) in [6.07, 6.45) is 0.693. The van der Waals surface area contributed by atoms with E-state index in [-0.39, 0.29) is 11.9 Å². The number of hydrogen-bond acceptors (Lipinski definition) is 2. The topological polar surface area (TPSA) is 69.6 Å². The van der Waals surface area contributed by atoms with Crippen molar-refractivity contribution in [3.05, 3.63) is 35.4 Å². The molecule has 0 heterocycles. The molecule has 0 aliphatic rings. The molecule has 21 heavy (non-hydrogen) atoms. The van der Waals surface area contributed by atoms with E-state index in [4.69, 9.17) is 0 Å². The smallest absolute Gasteiger partial charge is 0.326 e. The fourth-order valence-electron chi connectivity index (χ4n) is 2.04. The Morgan fingerprint density at radius 2 is 1.95 bits per heavy atom. The molecule has 1 aromatic rings. The molecule has 0 spiro atoms. The second-order valence-electron chi connectivity index (χ2n) is 5.43. The van der Waals surface area contributed by atoms with Gasteiger partial charge < -0.3 is 15.3 Å². The van der Waals surface area contributed by atoms with Crippen LogP contribution in [0.2, 0.25) is 0 Å². The number of carbonyl (C=O) groups is 2. The van der Waals surface area contributed by atoms with Crippen molar-refractivity contribution in [3.63, 3.8) is 0 Å². The van der Waals surface area contributed by atoms with E-state index in [2.05, 4.69) is 5.32 Å². The molecule has 0 bridgehead atoms. The number of amides is 2. The van der Waals surface area contributed by atoms with Crippen molar-refractivity contribution in [1.82, 2.24) is 10.2 Å². The van der Waals surface area contributed by atoms with Gasteiger partial charge in [-0.15, -0.1) is 0 Å². The van der Waals surface area contributed by atoms with Crippen molar-refractivity contribution in [1.29, 1.82) is 0 Å². The van der Waals surface area contributed by atoms with Crippen molar-refractivity contribution in [2.45, 2.75) is 39.8 Å². The molecule has 2 atom stereocenters. The van der Waals surface area contributed by atoms with Crippen LogP contribution in [0.5, 0.6) is 0 Å². The predicted molar refractivity (Wildman–Crippen MR) is 82.1 cm³/mol. The van der Waals surface area contributed by atoms with Crippen molar-refractivity contribution in [2.24, 2.45) is 5.92 Å². The maximum atomic E-state index is 12.1. The number of nitrogens with one attached hydrogen (secondary N) is 1. The first-order valence-electron chi connectivity index (χ1n) is 7.15. The van der Waals surface area contributed by atoms with Crippen molar-refractivity contribution in [2.75, 3.05) is 7.05 Å². The Morgan fingerprint density at radius 1 is 1.33 bits per heavy atom. The van der Waals surface area contributed by atoms with Crippen molar-refractivity contribution >= 4 is 12.0 Å². The number of carboxylic acid groups (broad SMARTS) is 1. The molecule has 0 radical (unpaired) electrons. The first-order valence-corrected chi connectivity index (χ1v) is 7.15. The molecule has 0 saturated heterocycles. The minimum Gasteiger partial charge on any atom is -0.480 e. The van der Waals surface area contributed by atoms with Gasteiger partial charge in [-0.1, -0.05) is 44.5 Å². The summed E-state index contributed by atoms with van der Waals surface area (Å²) in [7, 11) is 1.66. The quantitative estimate of drug-likeness (QED) is 0.847. The van der Waals surface area contributed by atoms with Gasteiger partial charge in [0.25, 0.3) is 0 Å². The van der Waals surface area contributed by atoms with E-state index >= 15 is 0 Å². The van der Waals surface area contributed by atoms with Gasteiger partial charge in [-0.25, -0.2) is 9.59 Å². The lowest BCUT2D eigenvalue weighted by atomic mass is 9.99. The highest BCUT2D eigenvalue weighted by Crippen LogP contribution is 2.11. The summed E-state index contributed by atoms with van der Waals surface area (Å²) >= 11 is 0. The summed E-state index contributed by atoms with van der Waals surface area (Å²) < 4.78 is 0. The van der Waals surface area contributed by atoms with Crippen LogP contribution in [0.3, 0.4) is 0 Å². The largest absolute Gasteiger partial charge is 0.480 e. The Labute approximate surface area is 126 Å². The molecule has 0 aliphatic heterocycles. The van der Waals surface area contributed by atoms with Crippen LogP contribution in [0.4, 0.5) is 4.79 Å². The number of benzene rings is 1. The average Bonchev–Trinajstić information content (AvgIpc) is 2.45. The minimum atomic E-state index is -0.998. The normalized spacial score (nSPS) is 13.3. The summed E-state index contributed by atoms with van der Waals surface area (Å²) in [5, 5.41) is 11.8. The van der Waals surface area contributed by atoms with Crippen LogP contribution in [-0.4, -0.2) is 35.1 Å². The third-order valence-electron chi connectivity index (χ3n) is 3.77. The van der Waals surface area contributed by atoms with Gasteiger partial charge in [0, 0.05) is 13.6 Å². The number of aryl methyl sites for hydroxylation is 1. The van der Waals surface area contributed by atoms with E-state index in [1.807, 2.05) is 45.0 Å². The second-order valence-corrected chi connectivity index (χ2v) is 5.43. The molecule has 2 N–H and O–H groups in total. The van der Waals surface area contributed by atoms with Crippen LogP contribution < -0.4 is 5.32 Å². The van der Waals surface area contributed by atoms with Gasteiger partial charge in [-0.3, -0.25) is 0 Å². The summed E-state index contributed by atoms with van der Waals surface area (Å²) in [4.78, 5) is 24.9. The van der Waals surface area contributed by atoms with Gasteiger partial charge in [0.2, 0.25) is 0 Å². The van der Waals surface area contributed by atoms with Crippen LogP contribution in [0.15, 0.2) is 24.3 Å². The monoisotopic (exact) mass is 292 g/mol. The summed E-state index contributed by atoms with van der Waals surface area (Å²) in [5.41, 5.74) is 2.15. The van der Waals surface area contributed by atoms with Gasteiger partial charge in [-0.2, -0.15) is 0 Å². The first-order chi connectivity index (χ1) is 9.86. The van der Waals surface area contributed by atoms with Crippen LogP contribution in [0.25, 0.3) is 0 Å². The van der Waals surface area contributed by atoms with Gasteiger partial charge in [0.15, 0.2) is 0 Å². The molecule has 5 heteroatoms. The lowest BCUT2D eigenvalue weighted by molar-refractivity contribution is -0.140. The third-order valence-corrected chi connectivity index (χ3v) is 3.77. The van der Waals surface area contributed by atoms with Gasteiger partial charge in [0.05, 0.1) is 0 Å². The lowest BCUT2D eigenvalue weighted by Crippen LogP contribution is -2.49. The molecule has 1 aromatic carbocycles. The van der Waals surface area contributed by atoms with Gasteiger partial charge in [-0.05, 0) is 24.0 Å². The Bertz CT molecular complexity index is 502. The van der Waals surface area contributed by atoms with Gasteiger partial charge >= 0.3 is 12.0 Å². The van der Waals surface area contributed by atoms with Crippen molar-refractivity contribution in [3.8, 4) is 0 Å². The molecule has 0 saturated carbocycles. The SMILES string of the molecule is CC[C@H](C)[C@H](NC(=O)N(C)Cc1ccccc1C)C(=O)O. The molecular formula is C16H24N2O3. The molecule has 2 amide bonds. The first kappa shape index (κ1) is 17.0. The van der Waals surface area contributed by atoms with E-state index in [1.165, 1.54) is 4.90 Å². The van der Waals surface area contributed by atoms with Crippen LogP contribution in [0, 0.1) is 12.8 Å². The minimum absolute atomic E-state index is 0.113. The molecule has 5 nitrogen and oxygen atoms in total. The molecule has 0 aromatic heterocycles. The highest BCUT2D eigenvalue weighted by molar-refractivity contribution is 5.82. The zero-order valence-corrected chi connectivity index (χ0v) is 13.1. The molecule has 116 valence electrons. The lowest BCUT2D eigenvalue weighted by Gasteiger charge is -2.25. The standard InChI is InChI=1S/C16H24N2O3/c1-5-11(2)14(15(19)20)17-16(21)18(4)10-13-9-7-6-8-12(13)3/h6-9,11,14H,5,10H2,1-4H3,(H,17,21)(H,19,20)/t11-,14-/m0/s1. The van der Waals surface area contributed by atoms with E-state index in [1.54, 1.807) is 7.05 Å². The summed E-state index contributed by atoms with van der Waals surface area (Å²) in [6, 6.07) is 6.59. The van der Waals surface area contributed by atoms with E-state index in [0.717, 1.165) is 11.1 Å². The number of carbonyl (C=O) groups excluding carboxylic acids is 1. The maximum absolute atomic E-state index is 12.1. The van der Waals surface area contributed by atoms with Crippen molar-refractivity contribution < 1.29 is 14.7 Å². The highest BCUT2D eigenvalue weighted by Gasteiger charge is 2.26. The molecule has 0 fully saturated rings. The summed E-state index contributed by atoms with van der Waals surface area (Å²) in [6.45, 7) is 6.16. The predicted octanol–water partition coefficient (Wildman–Crippen LogP) is 2.64. The fourth-order valence-corrected chi connectivity index (χ4v) is 2.04. The zero-order chi connectivity index (χ0) is 16.0. The Morgan fingerprint density at radius 3 is 2.48 bits per heavy atom. The highest BCUT2D eigenvalue weighted by atomic mass is 16.4. The fraction of sp³-hybridized carbons (Fsp3) is 0.500. The average molecular weight is 292 g/mol. The number of rotatable bonds is 6. The Hall–Kier alpha value is -2.04. The van der Waals surface area contributed by atoms with E-state index < -0.39 is 12.0 Å². The number of hydrogen-bond donors (Lipinski definition) is 2. The Kier molecular flexibility index (Phi) is 6.21. The molecular weight excluding hydrogens is 268 g/mol. The number of nitrogens with zero attached hydrogens (tertiary/aromatic N) is 1. The number of urea groups is 1. The molecule has 1 rings (SSSR count). The molecule has 0 unspecified atom stereocenters. The zero-order valence-electron chi connectivity index (χ0n) is 13.1. The van der Waals surface area contributed by atoms with Crippen LogP contribution in [-0.2, 0) is 11.3 Å².